The van der Waals surface area contributed by atoms with Crippen LogP contribution in [-0.4, -0.2) is 62.0 Å². The van der Waals surface area contributed by atoms with E-state index in [9.17, 15) is 8.42 Å². The van der Waals surface area contributed by atoms with Gasteiger partial charge in [-0.2, -0.15) is 9.29 Å². The quantitative estimate of drug-likeness (QED) is 0.765. The normalized spacial score (nSPS) is 18.8. The number of piperazine rings is 1. The van der Waals surface area contributed by atoms with Crippen LogP contribution in [0.25, 0.3) is 0 Å². The monoisotopic (exact) mass is 415 g/mol. The molecule has 0 radical (unpaired) electrons. The van der Waals surface area contributed by atoms with E-state index in [1.165, 1.54) is 19.3 Å². The molecule has 0 bridgehead atoms. The molecule has 2 saturated heterocycles. The number of rotatable bonds is 4. The Morgan fingerprint density at radius 1 is 0.793 bits per heavy atom. The van der Waals surface area contributed by atoms with E-state index in [4.69, 9.17) is 4.98 Å². The predicted octanol–water partition coefficient (Wildman–Crippen LogP) is 2.59. The summed E-state index contributed by atoms with van der Waals surface area (Å²) in [6.45, 7) is 8.09. The molecule has 4 rings (SSSR count). The molecule has 0 amide bonds. The van der Waals surface area contributed by atoms with Crippen molar-refractivity contribution in [2.45, 2.75) is 38.0 Å². The van der Waals surface area contributed by atoms with Crippen molar-refractivity contribution in [1.29, 1.82) is 0 Å². The van der Waals surface area contributed by atoms with E-state index in [0.717, 1.165) is 30.2 Å². The van der Waals surface area contributed by atoms with E-state index >= 15 is 0 Å². The lowest BCUT2D eigenvalue weighted by Crippen LogP contribution is -2.49. The Bertz CT molecular complexity index is 948. The minimum atomic E-state index is -3.46. The summed E-state index contributed by atoms with van der Waals surface area (Å²) < 4.78 is 27.4. The van der Waals surface area contributed by atoms with Gasteiger partial charge in [0.2, 0.25) is 16.0 Å². The molecule has 2 aliphatic rings. The number of sulfonamides is 1. The van der Waals surface area contributed by atoms with Crippen LogP contribution in [0.4, 0.5) is 11.8 Å². The third kappa shape index (κ3) is 4.38. The summed E-state index contributed by atoms with van der Waals surface area (Å²) in [7, 11) is -3.46. The number of aryl methyl sites for hydroxylation is 2. The first-order valence-electron chi connectivity index (χ1n) is 10.4. The van der Waals surface area contributed by atoms with Crippen molar-refractivity contribution >= 4 is 21.8 Å². The van der Waals surface area contributed by atoms with E-state index in [0.29, 0.717) is 37.0 Å². The zero-order valence-electron chi connectivity index (χ0n) is 17.2. The zero-order chi connectivity index (χ0) is 20.4. The Hall–Kier alpha value is -2.19. The lowest BCUT2D eigenvalue weighted by Gasteiger charge is -2.35. The van der Waals surface area contributed by atoms with Crippen LogP contribution in [0.15, 0.2) is 35.2 Å². The molecule has 2 aromatic rings. The third-order valence-corrected chi connectivity index (χ3v) is 7.60. The van der Waals surface area contributed by atoms with Crippen LogP contribution in [0.2, 0.25) is 0 Å². The fourth-order valence-corrected chi connectivity index (χ4v) is 5.37. The van der Waals surface area contributed by atoms with Crippen LogP contribution in [0.1, 0.15) is 30.5 Å². The molecular weight excluding hydrogens is 386 g/mol. The minimum Gasteiger partial charge on any atom is -0.356 e. The van der Waals surface area contributed by atoms with Crippen LogP contribution in [0.5, 0.6) is 0 Å². The van der Waals surface area contributed by atoms with E-state index in [-0.39, 0.29) is 0 Å². The van der Waals surface area contributed by atoms with Gasteiger partial charge in [-0.25, -0.2) is 13.4 Å². The predicted molar refractivity (Wildman–Crippen MR) is 115 cm³/mol. The van der Waals surface area contributed by atoms with Crippen LogP contribution >= 0.6 is 0 Å². The molecule has 2 aliphatic heterocycles. The number of anilines is 2. The second-order valence-corrected chi connectivity index (χ2v) is 9.86. The highest BCUT2D eigenvalue weighted by Crippen LogP contribution is 2.23. The maximum atomic E-state index is 12.9. The average molecular weight is 416 g/mol. The van der Waals surface area contributed by atoms with Gasteiger partial charge in [-0.15, -0.1) is 0 Å². The van der Waals surface area contributed by atoms with E-state index in [2.05, 4.69) is 14.8 Å². The van der Waals surface area contributed by atoms with E-state index < -0.39 is 10.0 Å². The Kier molecular flexibility index (Phi) is 5.74. The summed E-state index contributed by atoms with van der Waals surface area (Å²) in [6, 6.07) is 9.10. The van der Waals surface area contributed by atoms with Gasteiger partial charge in [0.15, 0.2) is 0 Å². The SMILES string of the molecule is Cc1ccc(S(=O)(=O)N2CCN(c3nc(C)cc(N4CCCCC4)n3)CC2)cc1. The highest BCUT2D eigenvalue weighted by molar-refractivity contribution is 7.89. The highest BCUT2D eigenvalue weighted by atomic mass is 32.2. The molecule has 0 unspecified atom stereocenters. The molecule has 7 nitrogen and oxygen atoms in total. The van der Waals surface area contributed by atoms with Crippen molar-refractivity contribution in [3.05, 3.63) is 41.6 Å². The summed E-state index contributed by atoms with van der Waals surface area (Å²) in [4.78, 5) is 14.2. The smallest absolute Gasteiger partial charge is 0.243 e. The van der Waals surface area contributed by atoms with Gasteiger partial charge in [-0.05, 0) is 45.2 Å². The van der Waals surface area contributed by atoms with Gasteiger partial charge in [-0.3, -0.25) is 0 Å². The number of aromatic nitrogens is 2. The fourth-order valence-electron chi connectivity index (χ4n) is 3.95. The minimum absolute atomic E-state index is 0.357. The number of hydrogen-bond acceptors (Lipinski definition) is 6. The van der Waals surface area contributed by atoms with Gasteiger partial charge in [0.25, 0.3) is 0 Å². The number of hydrogen-bond donors (Lipinski definition) is 0. The van der Waals surface area contributed by atoms with Crippen LogP contribution < -0.4 is 9.80 Å². The highest BCUT2D eigenvalue weighted by Gasteiger charge is 2.29. The zero-order valence-corrected chi connectivity index (χ0v) is 18.0. The van der Waals surface area contributed by atoms with Crippen molar-refractivity contribution < 1.29 is 8.42 Å². The summed E-state index contributed by atoms with van der Waals surface area (Å²) in [5, 5.41) is 0. The Morgan fingerprint density at radius 3 is 2.10 bits per heavy atom. The number of nitrogens with zero attached hydrogens (tertiary/aromatic N) is 5. The third-order valence-electron chi connectivity index (χ3n) is 5.69. The fraction of sp³-hybridized carbons (Fsp3) is 0.524. The lowest BCUT2D eigenvalue weighted by atomic mass is 10.1. The second kappa shape index (κ2) is 8.28. The maximum Gasteiger partial charge on any atom is 0.243 e. The summed E-state index contributed by atoms with van der Waals surface area (Å²) in [6.07, 6.45) is 3.69. The Labute approximate surface area is 173 Å². The van der Waals surface area contributed by atoms with Gasteiger partial charge >= 0.3 is 0 Å². The first-order valence-corrected chi connectivity index (χ1v) is 11.8. The van der Waals surface area contributed by atoms with Crippen LogP contribution in [-0.2, 0) is 10.0 Å². The summed E-state index contributed by atoms with van der Waals surface area (Å²) >= 11 is 0. The van der Waals surface area contributed by atoms with Gasteiger partial charge in [0.05, 0.1) is 4.90 Å². The largest absolute Gasteiger partial charge is 0.356 e. The molecule has 0 N–H and O–H groups in total. The van der Waals surface area contributed by atoms with Crippen molar-refractivity contribution in [3.63, 3.8) is 0 Å². The molecule has 0 atom stereocenters. The summed E-state index contributed by atoms with van der Waals surface area (Å²) in [5.41, 5.74) is 2.00. The second-order valence-electron chi connectivity index (χ2n) is 7.92. The first kappa shape index (κ1) is 20.1. The molecule has 29 heavy (non-hydrogen) atoms. The molecule has 8 heteroatoms. The Morgan fingerprint density at radius 2 is 1.45 bits per heavy atom. The standard InChI is InChI=1S/C21H29N5O2S/c1-17-6-8-19(9-7-17)29(27,28)26-14-12-25(13-15-26)21-22-18(2)16-20(23-21)24-10-4-3-5-11-24/h6-9,16H,3-5,10-15H2,1-2H3. The van der Waals surface area contributed by atoms with Gasteiger partial charge < -0.3 is 9.80 Å². The molecule has 0 saturated carbocycles. The molecule has 0 aliphatic carbocycles. The number of piperidine rings is 1. The van der Waals surface area contributed by atoms with Crippen LogP contribution in [0.3, 0.4) is 0 Å². The van der Waals surface area contributed by atoms with E-state index in [1.807, 2.05) is 32.0 Å². The molecular formula is C21H29N5O2S. The van der Waals surface area contributed by atoms with Crippen molar-refractivity contribution in [2.24, 2.45) is 0 Å². The van der Waals surface area contributed by atoms with Crippen molar-refractivity contribution in [1.82, 2.24) is 14.3 Å². The average Bonchev–Trinajstić information content (AvgIpc) is 2.74. The first-order chi connectivity index (χ1) is 13.9. The molecule has 1 aromatic heterocycles. The van der Waals surface area contributed by atoms with Gasteiger partial charge in [0.1, 0.15) is 5.82 Å². The lowest BCUT2D eigenvalue weighted by molar-refractivity contribution is 0.382. The molecule has 3 heterocycles. The van der Waals surface area contributed by atoms with Crippen molar-refractivity contribution in [2.75, 3.05) is 49.1 Å². The molecule has 2 fully saturated rings. The molecule has 0 spiro atoms. The molecule has 1 aromatic carbocycles. The maximum absolute atomic E-state index is 12.9. The topological polar surface area (TPSA) is 69.6 Å². The molecule has 156 valence electrons. The summed E-state index contributed by atoms with van der Waals surface area (Å²) in [5.74, 6) is 1.69. The van der Waals surface area contributed by atoms with Gasteiger partial charge in [0, 0.05) is 51.0 Å². The Balaban J connectivity index is 1.47. The van der Waals surface area contributed by atoms with Crippen LogP contribution in [0, 0.1) is 13.8 Å². The number of benzene rings is 1. The van der Waals surface area contributed by atoms with Crippen molar-refractivity contribution in [3.8, 4) is 0 Å². The van der Waals surface area contributed by atoms with Gasteiger partial charge in [-0.1, -0.05) is 17.7 Å². The van der Waals surface area contributed by atoms with E-state index in [1.54, 1.807) is 16.4 Å².